The van der Waals surface area contributed by atoms with Crippen LogP contribution in [-0.2, 0) is 6.54 Å². The van der Waals surface area contributed by atoms with Crippen LogP contribution >= 0.6 is 0 Å². The predicted octanol–water partition coefficient (Wildman–Crippen LogP) is 6.35. The topological polar surface area (TPSA) is 70.0 Å². The molecule has 32 heavy (non-hydrogen) atoms. The number of anilines is 1. The lowest BCUT2D eigenvalue weighted by molar-refractivity contribution is 0.0693. The molecule has 3 aromatic rings. The number of unbranched alkanes of at least 4 members (excludes halogenated alkanes) is 3. The molecule has 0 atom stereocenters. The fourth-order valence-corrected chi connectivity index (χ4v) is 3.73. The number of phenols is 1. The van der Waals surface area contributed by atoms with Gasteiger partial charge in [-0.15, -0.1) is 0 Å². The van der Waals surface area contributed by atoms with Crippen molar-refractivity contribution in [3.05, 3.63) is 77.9 Å². The summed E-state index contributed by atoms with van der Waals surface area (Å²) < 4.78 is 5.23. The van der Waals surface area contributed by atoms with Gasteiger partial charge in [0.05, 0.1) is 7.11 Å². The lowest BCUT2D eigenvalue weighted by Crippen LogP contribution is -2.24. The minimum Gasteiger partial charge on any atom is -0.507 e. The van der Waals surface area contributed by atoms with E-state index in [2.05, 4.69) is 36.1 Å². The Bertz CT molecular complexity index is 1010. The van der Waals surface area contributed by atoms with Gasteiger partial charge in [-0.3, -0.25) is 0 Å². The second kappa shape index (κ2) is 11.2. The zero-order valence-corrected chi connectivity index (χ0v) is 18.8. The number of aromatic hydroxyl groups is 1. The van der Waals surface area contributed by atoms with E-state index >= 15 is 0 Å². The van der Waals surface area contributed by atoms with E-state index in [-0.39, 0.29) is 11.3 Å². The number of rotatable bonds is 11. The van der Waals surface area contributed by atoms with E-state index in [0.29, 0.717) is 6.54 Å². The van der Waals surface area contributed by atoms with E-state index in [1.54, 1.807) is 19.2 Å². The largest absolute Gasteiger partial charge is 0.507 e. The van der Waals surface area contributed by atoms with Gasteiger partial charge < -0.3 is 19.8 Å². The number of aromatic carboxylic acids is 1. The van der Waals surface area contributed by atoms with Crippen LogP contribution in [0.1, 0.15) is 48.5 Å². The highest BCUT2D eigenvalue weighted by Gasteiger charge is 2.14. The lowest BCUT2D eigenvalue weighted by atomic mass is 10.0. The highest BCUT2D eigenvalue weighted by atomic mass is 16.5. The maximum atomic E-state index is 11.5. The summed E-state index contributed by atoms with van der Waals surface area (Å²) in [5.74, 6) is -0.506. The van der Waals surface area contributed by atoms with Gasteiger partial charge in [-0.1, -0.05) is 62.6 Å². The Balaban J connectivity index is 1.79. The molecule has 5 heteroatoms. The first kappa shape index (κ1) is 23.2. The summed E-state index contributed by atoms with van der Waals surface area (Å²) >= 11 is 0. The first-order valence-corrected chi connectivity index (χ1v) is 11.1. The number of benzene rings is 3. The molecule has 2 N–H and O–H groups in total. The van der Waals surface area contributed by atoms with Crippen LogP contribution in [0.4, 0.5) is 5.69 Å². The predicted molar refractivity (Wildman–Crippen MR) is 129 cm³/mol. The van der Waals surface area contributed by atoms with Crippen LogP contribution < -0.4 is 9.64 Å². The second-order valence-electron chi connectivity index (χ2n) is 7.91. The molecule has 0 heterocycles. The number of carboxylic acid groups (broad SMARTS) is 1. The summed E-state index contributed by atoms with van der Waals surface area (Å²) in [5.41, 5.74) is 4.12. The molecule has 0 fully saturated rings. The molecule has 0 saturated heterocycles. The first-order chi connectivity index (χ1) is 15.5. The Hall–Kier alpha value is -3.47. The molecule has 0 aliphatic heterocycles. The highest BCUT2D eigenvalue weighted by Crippen LogP contribution is 2.27. The van der Waals surface area contributed by atoms with Crippen molar-refractivity contribution in [2.24, 2.45) is 0 Å². The zero-order valence-electron chi connectivity index (χ0n) is 18.8. The van der Waals surface area contributed by atoms with Crippen molar-refractivity contribution >= 4 is 11.7 Å². The van der Waals surface area contributed by atoms with E-state index in [0.717, 1.165) is 53.9 Å². The average molecular weight is 434 g/mol. The number of methoxy groups -OCH3 is 1. The van der Waals surface area contributed by atoms with Gasteiger partial charge >= 0.3 is 5.97 Å². The standard InChI is InChI=1S/C27H31NO4/c1-3-4-5-6-17-28(23-13-16-26(29)25(18-23)27(30)31)19-20-7-9-21(10-8-20)22-11-14-24(32-2)15-12-22/h7-16,18,29H,3-6,17,19H2,1-2H3,(H,30,31). The number of hydrogen-bond donors (Lipinski definition) is 2. The van der Waals surface area contributed by atoms with E-state index in [1.807, 2.05) is 24.3 Å². The fourth-order valence-electron chi connectivity index (χ4n) is 3.73. The smallest absolute Gasteiger partial charge is 0.339 e. The van der Waals surface area contributed by atoms with Crippen LogP contribution in [0.2, 0.25) is 0 Å². The van der Waals surface area contributed by atoms with Crippen LogP contribution in [0.15, 0.2) is 66.7 Å². The molecule has 0 amide bonds. The molecule has 168 valence electrons. The van der Waals surface area contributed by atoms with Gasteiger partial charge in [-0.2, -0.15) is 0 Å². The fraction of sp³-hybridized carbons (Fsp3) is 0.296. The van der Waals surface area contributed by atoms with Crippen LogP contribution in [0.25, 0.3) is 11.1 Å². The minimum atomic E-state index is -1.13. The van der Waals surface area contributed by atoms with Crippen molar-refractivity contribution in [3.8, 4) is 22.6 Å². The third kappa shape index (κ3) is 6.03. The number of nitrogens with zero attached hydrogens (tertiary/aromatic N) is 1. The van der Waals surface area contributed by atoms with Gasteiger partial charge in [0.15, 0.2) is 0 Å². The van der Waals surface area contributed by atoms with Gasteiger partial charge in [0.25, 0.3) is 0 Å². The van der Waals surface area contributed by atoms with Crippen LogP contribution in [0.3, 0.4) is 0 Å². The maximum Gasteiger partial charge on any atom is 0.339 e. The van der Waals surface area contributed by atoms with Crippen molar-refractivity contribution in [3.63, 3.8) is 0 Å². The number of ether oxygens (including phenoxy) is 1. The van der Waals surface area contributed by atoms with Crippen molar-refractivity contribution in [2.75, 3.05) is 18.6 Å². The van der Waals surface area contributed by atoms with Crippen molar-refractivity contribution in [1.82, 2.24) is 0 Å². The third-order valence-corrected chi connectivity index (χ3v) is 5.61. The summed E-state index contributed by atoms with van der Waals surface area (Å²) in [6, 6.07) is 21.2. The Kier molecular flexibility index (Phi) is 8.14. The molecular weight excluding hydrogens is 402 g/mol. The number of carbonyl (C=O) groups is 1. The Labute approximate surface area is 189 Å². The summed E-state index contributed by atoms with van der Waals surface area (Å²) in [4.78, 5) is 13.7. The molecule has 0 unspecified atom stereocenters. The van der Waals surface area contributed by atoms with E-state index in [4.69, 9.17) is 4.74 Å². The maximum absolute atomic E-state index is 11.5. The van der Waals surface area contributed by atoms with Gasteiger partial charge in [0, 0.05) is 18.8 Å². The number of hydrogen-bond acceptors (Lipinski definition) is 4. The number of carboxylic acids is 1. The molecule has 0 aliphatic rings. The Morgan fingerprint density at radius 2 is 1.56 bits per heavy atom. The Morgan fingerprint density at radius 1 is 0.906 bits per heavy atom. The molecule has 0 radical (unpaired) electrons. The van der Waals surface area contributed by atoms with E-state index < -0.39 is 5.97 Å². The first-order valence-electron chi connectivity index (χ1n) is 11.1. The van der Waals surface area contributed by atoms with Crippen LogP contribution in [-0.4, -0.2) is 29.8 Å². The molecule has 3 rings (SSSR count). The van der Waals surface area contributed by atoms with Gasteiger partial charge in [0.2, 0.25) is 0 Å². The zero-order chi connectivity index (χ0) is 22.9. The molecule has 5 nitrogen and oxygen atoms in total. The average Bonchev–Trinajstić information content (AvgIpc) is 2.82. The quantitative estimate of drug-likeness (QED) is 0.345. The summed E-state index contributed by atoms with van der Waals surface area (Å²) in [7, 11) is 1.66. The summed E-state index contributed by atoms with van der Waals surface area (Å²) in [6.07, 6.45) is 4.50. The summed E-state index contributed by atoms with van der Waals surface area (Å²) in [5, 5.41) is 19.3. The molecule has 0 aromatic heterocycles. The Morgan fingerprint density at radius 3 is 2.16 bits per heavy atom. The molecule has 0 aliphatic carbocycles. The normalized spacial score (nSPS) is 10.7. The molecule has 0 saturated carbocycles. The molecule has 3 aromatic carbocycles. The lowest BCUT2D eigenvalue weighted by Gasteiger charge is -2.26. The van der Waals surface area contributed by atoms with Crippen LogP contribution in [0.5, 0.6) is 11.5 Å². The minimum absolute atomic E-state index is 0.0732. The van der Waals surface area contributed by atoms with Crippen LogP contribution in [0, 0.1) is 0 Å². The molecular formula is C27H31NO4. The summed E-state index contributed by atoms with van der Waals surface area (Å²) in [6.45, 7) is 3.67. The third-order valence-electron chi connectivity index (χ3n) is 5.61. The van der Waals surface area contributed by atoms with Crippen molar-refractivity contribution in [2.45, 2.75) is 39.2 Å². The monoisotopic (exact) mass is 433 g/mol. The van der Waals surface area contributed by atoms with Crippen molar-refractivity contribution in [1.29, 1.82) is 0 Å². The molecule has 0 spiro atoms. The highest BCUT2D eigenvalue weighted by molar-refractivity contribution is 5.92. The van der Waals surface area contributed by atoms with E-state index in [1.165, 1.54) is 12.5 Å². The SMILES string of the molecule is CCCCCCN(Cc1ccc(-c2ccc(OC)cc2)cc1)c1ccc(O)c(C(=O)O)c1. The van der Waals surface area contributed by atoms with Gasteiger partial charge in [-0.05, 0) is 53.4 Å². The molecule has 0 bridgehead atoms. The van der Waals surface area contributed by atoms with Gasteiger partial charge in [0.1, 0.15) is 17.1 Å². The second-order valence-corrected chi connectivity index (χ2v) is 7.91. The van der Waals surface area contributed by atoms with E-state index in [9.17, 15) is 15.0 Å². The van der Waals surface area contributed by atoms with Gasteiger partial charge in [-0.25, -0.2) is 4.79 Å². The van der Waals surface area contributed by atoms with Crippen molar-refractivity contribution < 1.29 is 19.7 Å².